The van der Waals surface area contributed by atoms with Gasteiger partial charge in [-0.25, -0.2) is 8.42 Å². The predicted octanol–water partition coefficient (Wildman–Crippen LogP) is 0.934. The van der Waals surface area contributed by atoms with Crippen LogP contribution in [0, 0.1) is 5.92 Å². The highest BCUT2D eigenvalue weighted by Crippen LogP contribution is 2.13. The van der Waals surface area contributed by atoms with Gasteiger partial charge in [-0.15, -0.1) is 24.0 Å². The fourth-order valence-corrected chi connectivity index (χ4v) is 3.35. The van der Waals surface area contributed by atoms with Crippen LogP contribution in [0.15, 0.2) is 4.99 Å². The second kappa shape index (κ2) is 10.6. The molecule has 0 aliphatic carbocycles. The summed E-state index contributed by atoms with van der Waals surface area (Å²) >= 11 is 0. The molecule has 1 fully saturated rings. The van der Waals surface area contributed by atoms with Gasteiger partial charge >= 0.3 is 0 Å². The molecule has 1 aliphatic rings. The van der Waals surface area contributed by atoms with Crippen molar-refractivity contribution in [2.24, 2.45) is 10.9 Å². The first kappa shape index (κ1) is 21.9. The van der Waals surface area contributed by atoms with Crippen LogP contribution < -0.4 is 10.6 Å². The standard InChI is InChI=1S/C14H30N4O2S.HI/c1-12(7-9-21(4,19)20)17-14(15-2)16-10-13-6-5-8-18(3)11-13;/h12-13H,5-11H2,1-4H3,(H2,15,16,17);1H. The molecule has 2 unspecified atom stereocenters. The van der Waals surface area contributed by atoms with Crippen molar-refractivity contribution in [3.63, 3.8) is 0 Å². The Morgan fingerprint density at radius 3 is 2.68 bits per heavy atom. The zero-order chi connectivity index (χ0) is 15.9. The van der Waals surface area contributed by atoms with E-state index in [4.69, 9.17) is 0 Å². The normalized spacial score (nSPS) is 21.8. The molecule has 6 nitrogen and oxygen atoms in total. The number of hydrogen-bond acceptors (Lipinski definition) is 4. The second-order valence-electron chi connectivity index (χ2n) is 6.19. The molecular formula is C14H31IN4O2S. The van der Waals surface area contributed by atoms with Crippen LogP contribution in [0.2, 0.25) is 0 Å². The summed E-state index contributed by atoms with van der Waals surface area (Å²) in [5, 5.41) is 6.60. The summed E-state index contributed by atoms with van der Waals surface area (Å²) < 4.78 is 22.4. The minimum atomic E-state index is -2.90. The van der Waals surface area contributed by atoms with Gasteiger partial charge in [-0.05, 0) is 45.7 Å². The highest BCUT2D eigenvalue weighted by molar-refractivity contribution is 14.0. The van der Waals surface area contributed by atoms with E-state index in [9.17, 15) is 8.42 Å². The maximum Gasteiger partial charge on any atom is 0.191 e. The SMILES string of the molecule is CN=C(NCC1CCCN(C)C1)NC(C)CCS(C)(=O)=O.I. The average molecular weight is 446 g/mol. The van der Waals surface area contributed by atoms with Gasteiger partial charge in [0.15, 0.2) is 5.96 Å². The Morgan fingerprint density at radius 2 is 2.14 bits per heavy atom. The number of piperidine rings is 1. The Hall–Kier alpha value is -0.0900. The van der Waals surface area contributed by atoms with Gasteiger partial charge in [0, 0.05) is 32.4 Å². The highest BCUT2D eigenvalue weighted by Gasteiger charge is 2.17. The van der Waals surface area contributed by atoms with E-state index in [0.29, 0.717) is 12.3 Å². The molecule has 0 aromatic rings. The minimum Gasteiger partial charge on any atom is -0.356 e. The Labute approximate surface area is 152 Å². The lowest BCUT2D eigenvalue weighted by molar-refractivity contribution is 0.210. The first-order valence-corrected chi connectivity index (χ1v) is 9.69. The Morgan fingerprint density at radius 1 is 1.45 bits per heavy atom. The van der Waals surface area contributed by atoms with Crippen molar-refractivity contribution in [1.82, 2.24) is 15.5 Å². The van der Waals surface area contributed by atoms with Crippen molar-refractivity contribution in [3.8, 4) is 0 Å². The lowest BCUT2D eigenvalue weighted by Crippen LogP contribution is -2.46. The van der Waals surface area contributed by atoms with E-state index in [1.165, 1.54) is 25.6 Å². The van der Waals surface area contributed by atoms with Gasteiger partial charge in [-0.1, -0.05) is 0 Å². The molecule has 8 heteroatoms. The number of halogens is 1. The van der Waals surface area contributed by atoms with Crippen molar-refractivity contribution in [2.75, 3.05) is 45.7 Å². The van der Waals surface area contributed by atoms with Gasteiger partial charge in [0.25, 0.3) is 0 Å². The third-order valence-corrected chi connectivity index (χ3v) is 4.79. The van der Waals surface area contributed by atoms with Crippen LogP contribution in [0.25, 0.3) is 0 Å². The quantitative estimate of drug-likeness (QED) is 0.361. The maximum atomic E-state index is 11.2. The molecule has 1 heterocycles. The van der Waals surface area contributed by atoms with Gasteiger partial charge in [0.05, 0.1) is 5.75 Å². The van der Waals surface area contributed by atoms with E-state index in [1.807, 2.05) is 6.92 Å². The molecule has 132 valence electrons. The number of sulfone groups is 1. The molecule has 0 saturated carbocycles. The number of hydrogen-bond donors (Lipinski definition) is 2. The molecule has 0 aromatic heterocycles. The number of aliphatic imine (C=N–C) groups is 1. The first-order chi connectivity index (χ1) is 9.80. The lowest BCUT2D eigenvalue weighted by Gasteiger charge is -2.30. The van der Waals surface area contributed by atoms with Gasteiger partial charge in [-0.2, -0.15) is 0 Å². The fourth-order valence-electron chi connectivity index (χ4n) is 2.57. The zero-order valence-electron chi connectivity index (χ0n) is 14.1. The maximum absolute atomic E-state index is 11.2. The highest BCUT2D eigenvalue weighted by atomic mass is 127. The van der Waals surface area contributed by atoms with Crippen molar-refractivity contribution in [3.05, 3.63) is 0 Å². The molecule has 1 rings (SSSR count). The van der Waals surface area contributed by atoms with Crippen LogP contribution >= 0.6 is 24.0 Å². The predicted molar refractivity (Wildman–Crippen MR) is 104 cm³/mol. The molecule has 0 spiro atoms. The lowest BCUT2D eigenvalue weighted by atomic mass is 9.99. The zero-order valence-corrected chi connectivity index (χ0v) is 17.3. The van der Waals surface area contributed by atoms with E-state index in [-0.39, 0.29) is 35.8 Å². The topological polar surface area (TPSA) is 73.8 Å². The van der Waals surface area contributed by atoms with E-state index < -0.39 is 9.84 Å². The third-order valence-electron chi connectivity index (χ3n) is 3.81. The van der Waals surface area contributed by atoms with Gasteiger partial charge < -0.3 is 15.5 Å². The molecule has 0 bridgehead atoms. The molecular weight excluding hydrogens is 415 g/mol. The van der Waals surface area contributed by atoms with E-state index in [2.05, 4.69) is 27.6 Å². The molecule has 22 heavy (non-hydrogen) atoms. The summed E-state index contributed by atoms with van der Waals surface area (Å²) in [6, 6.07) is 0.0833. The summed E-state index contributed by atoms with van der Waals surface area (Å²) in [6.45, 7) is 5.19. The molecule has 0 aromatic carbocycles. The monoisotopic (exact) mass is 446 g/mol. The number of likely N-dealkylation sites (tertiary alicyclic amines) is 1. The first-order valence-electron chi connectivity index (χ1n) is 7.63. The van der Waals surface area contributed by atoms with Crippen molar-refractivity contribution >= 4 is 39.8 Å². The van der Waals surface area contributed by atoms with Crippen LogP contribution in [-0.4, -0.2) is 71.1 Å². The van der Waals surface area contributed by atoms with Gasteiger partial charge in [0.2, 0.25) is 0 Å². The molecule has 0 radical (unpaired) electrons. The van der Waals surface area contributed by atoms with Crippen LogP contribution in [0.4, 0.5) is 0 Å². The van der Waals surface area contributed by atoms with Crippen LogP contribution in [0.1, 0.15) is 26.2 Å². The third kappa shape index (κ3) is 9.83. The van der Waals surface area contributed by atoms with E-state index in [1.54, 1.807) is 7.05 Å². The van der Waals surface area contributed by atoms with Crippen LogP contribution in [0.5, 0.6) is 0 Å². The molecule has 0 amide bonds. The largest absolute Gasteiger partial charge is 0.356 e. The summed E-state index contributed by atoms with van der Waals surface area (Å²) in [6.07, 6.45) is 4.36. The van der Waals surface area contributed by atoms with Crippen LogP contribution in [-0.2, 0) is 9.84 Å². The summed E-state index contributed by atoms with van der Waals surface area (Å²) in [4.78, 5) is 6.57. The van der Waals surface area contributed by atoms with E-state index in [0.717, 1.165) is 19.0 Å². The number of nitrogens with zero attached hydrogens (tertiary/aromatic N) is 2. The smallest absolute Gasteiger partial charge is 0.191 e. The summed E-state index contributed by atoms with van der Waals surface area (Å²) in [5.41, 5.74) is 0. The van der Waals surface area contributed by atoms with Gasteiger partial charge in [0.1, 0.15) is 9.84 Å². The van der Waals surface area contributed by atoms with Crippen LogP contribution in [0.3, 0.4) is 0 Å². The Bertz CT molecular complexity index is 442. The molecule has 1 aliphatic heterocycles. The minimum absolute atomic E-state index is 0. The number of rotatable bonds is 6. The second-order valence-corrected chi connectivity index (χ2v) is 8.45. The molecule has 2 atom stereocenters. The van der Waals surface area contributed by atoms with Gasteiger partial charge in [-0.3, -0.25) is 4.99 Å². The molecule has 2 N–H and O–H groups in total. The fraction of sp³-hybridized carbons (Fsp3) is 0.929. The van der Waals surface area contributed by atoms with Crippen molar-refractivity contribution in [1.29, 1.82) is 0 Å². The van der Waals surface area contributed by atoms with E-state index >= 15 is 0 Å². The number of guanidine groups is 1. The average Bonchev–Trinajstić information content (AvgIpc) is 2.40. The summed E-state index contributed by atoms with van der Waals surface area (Å²) in [5.74, 6) is 1.60. The number of nitrogens with one attached hydrogen (secondary N) is 2. The summed E-state index contributed by atoms with van der Waals surface area (Å²) in [7, 11) is 0.998. The molecule has 1 saturated heterocycles. The Balaban J connectivity index is 0.00000441. The Kier molecular flexibility index (Phi) is 10.6. The van der Waals surface area contributed by atoms with Crippen molar-refractivity contribution < 1.29 is 8.42 Å². The van der Waals surface area contributed by atoms with Crippen molar-refractivity contribution in [2.45, 2.75) is 32.2 Å².